The van der Waals surface area contributed by atoms with Crippen molar-refractivity contribution in [1.29, 1.82) is 0 Å². The summed E-state index contributed by atoms with van der Waals surface area (Å²) in [5, 5.41) is 82.4. The summed E-state index contributed by atoms with van der Waals surface area (Å²) < 4.78 is 75.2. The summed E-state index contributed by atoms with van der Waals surface area (Å²) in [6.45, 7) is -1.61. The van der Waals surface area contributed by atoms with Gasteiger partial charge in [0.05, 0.1) is 31.3 Å². The quantitative estimate of drug-likeness (QED) is 0.0618. The molecular weight excluding hydrogens is 841 g/mol. The minimum atomic E-state index is -4.51. The summed E-state index contributed by atoms with van der Waals surface area (Å²) in [6, 6.07) is 23.9. The van der Waals surface area contributed by atoms with E-state index in [9.17, 15) is 62.8 Å². The Morgan fingerprint density at radius 1 is 0.677 bits per heavy atom. The fourth-order valence-corrected chi connectivity index (χ4v) is 9.20. The number of anilines is 1. The van der Waals surface area contributed by atoms with Gasteiger partial charge in [0.25, 0.3) is 0 Å². The SMILES string of the molecule is O=C1[C@H](CCC(O)c2ccc(F)cc2)C(c2ccc(-c3ccc(OS(=O)(=O)CC4OC(CO)C(OC5OC(CO)C(O)C(O)C5O)C(O)C4O)cc3)cc2)N1c1ccc(F)cc1. The second kappa shape index (κ2) is 19.1. The molecule has 334 valence electrons. The number of carbonyl (C=O) groups excluding carboxylic acids is 1. The normalized spacial score (nSPS) is 30.7. The lowest BCUT2D eigenvalue weighted by atomic mass is 9.78. The molecule has 8 N–H and O–H groups in total. The number of amides is 1. The van der Waals surface area contributed by atoms with E-state index in [1.165, 1.54) is 60.7 Å². The third kappa shape index (κ3) is 9.69. The molecule has 4 aromatic carbocycles. The molecule has 13 atom stereocenters. The molecule has 1 amide bonds. The molecule has 0 bridgehead atoms. The molecule has 3 aliphatic rings. The smallest absolute Gasteiger partial charge is 0.311 e. The maximum absolute atomic E-state index is 13.8. The average molecular weight is 888 g/mol. The Hall–Kier alpha value is -4.48. The molecule has 19 heteroatoms. The number of aliphatic hydroxyl groups excluding tert-OH is 8. The van der Waals surface area contributed by atoms with Crippen LogP contribution < -0.4 is 9.08 Å². The lowest BCUT2D eigenvalue weighted by Gasteiger charge is -2.48. The van der Waals surface area contributed by atoms with Gasteiger partial charge in [-0.15, -0.1) is 0 Å². The molecule has 0 aromatic heterocycles. The summed E-state index contributed by atoms with van der Waals surface area (Å²) in [5.41, 5.74) is 3.21. The highest BCUT2D eigenvalue weighted by molar-refractivity contribution is 7.87. The third-order valence-corrected chi connectivity index (χ3v) is 12.6. The monoisotopic (exact) mass is 887 g/mol. The van der Waals surface area contributed by atoms with Gasteiger partial charge in [0.15, 0.2) is 6.29 Å². The van der Waals surface area contributed by atoms with Crippen LogP contribution in [0.2, 0.25) is 0 Å². The molecule has 7 rings (SSSR count). The minimum absolute atomic E-state index is 0.0904. The van der Waals surface area contributed by atoms with Gasteiger partial charge in [0.2, 0.25) is 5.91 Å². The molecule has 4 aromatic rings. The third-order valence-electron chi connectivity index (χ3n) is 11.5. The van der Waals surface area contributed by atoms with E-state index in [0.717, 1.165) is 11.1 Å². The van der Waals surface area contributed by atoms with Gasteiger partial charge in [-0.25, -0.2) is 8.78 Å². The highest BCUT2D eigenvalue weighted by Crippen LogP contribution is 2.47. The first-order valence-corrected chi connectivity index (χ1v) is 21.4. The number of carbonyl (C=O) groups is 1. The Morgan fingerprint density at radius 2 is 1.24 bits per heavy atom. The van der Waals surface area contributed by atoms with Crippen LogP contribution >= 0.6 is 0 Å². The van der Waals surface area contributed by atoms with Crippen molar-refractivity contribution in [2.24, 2.45) is 5.92 Å². The van der Waals surface area contributed by atoms with Crippen LogP contribution in [0.5, 0.6) is 5.75 Å². The number of β-lactam (4-membered cyclic amide) rings is 1. The number of hydrogen-bond donors (Lipinski definition) is 8. The Labute approximate surface area is 354 Å². The molecule has 0 radical (unpaired) electrons. The van der Waals surface area contributed by atoms with Gasteiger partial charge in [0, 0.05) is 5.69 Å². The summed E-state index contributed by atoms with van der Waals surface area (Å²) in [7, 11) is -4.51. The molecule has 12 unspecified atom stereocenters. The Morgan fingerprint density at radius 3 is 1.84 bits per heavy atom. The highest BCUT2D eigenvalue weighted by atomic mass is 32.2. The number of aliphatic hydroxyl groups is 8. The standard InChI is InChI=1S/C43H47F2NO15S/c44-26-9-5-24(6-10-26)31(49)18-17-30-35(46(42(30)55)28-13-11-27(45)12-14-28)25-3-1-22(2-4-25)23-7-15-29(16-8-23)61-62(56,57)21-34-37(51)39(53)41(33(20-48)58-34)60-43-40(54)38(52)36(50)32(19-47)59-43/h1-16,30-41,43,47-54H,17-21H2/t30-,31?,32?,33?,34?,35?,36?,37?,38?,39?,40?,41?,43?/m1/s1. The van der Waals surface area contributed by atoms with Crippen LogP contribution in [0.4, 0.5) is 14.5 Å². The van der Waals surface area contributed by atoms with Crippen LogP contribution in [-0.2, 0) is 29.1 Å². The summed E-state index contributed by atoms with van der Waals surface area (Å²) in [5.74, 6) is -2.65. The Bertz CT molecular complexity index is 2230. The predicted molar refractivity (Wildman–Crippen MR) is 213 cm³/mol. The topological polar surface area (TPSA) is 253 Å². The minimum Gasteiger partial charge on any atom is -0.394 e. The lowest BCUT2D eigenvalue weighted by molar-refractivity contribution is -0.341. The summed E-state index contributed by atoms with van der Waals surface area (Å²) in [6.07, 6.45) is -17.4. The van der Waals surface area contributed by atoms with E-state index in [-0.39, 0.29) is 18.1 Å². The first-order valence-electron chi connectivity index (χ1n) is 19.8. The maximum atomic E-state index is 13.8. The van der Waals surface area contributed by atoms with Crippen LogP contribution in [0.15, 0.2) is 97.1 Å². The van der Waals surface area contributed by atoms with Crippen LogP contribution in [0.1, 0.15) is 36.1 Å². The number of rotatable bonds is 15. The van der Waals surface area contributed by atoms with Crippen LogP contribution in [0.3, 0.4) is 0 Å². The zero-order valence-corrected chi connectivity index (χ0v) is 33.6. The molecule has 62 heavy (non-hydrogen) atoms. The summed E-state index contributed by atoms with van der Waals surface area (Å²) >= 11 is 0. The van der Waals surface area contributed by atoms with Gasteiger partial charge < -0.3 is 64.1 Å². The molecule has 3 fully saturated rings. The van der Waals surface area contributed by atoms with E-state index < -0.39 is 120 Å². The van der Waals surface area contributed by atoms with Crippen molar-refractivity contribution in [3.63, 3.8) is 0 Å². The van der Waals surface area contributed by atoms with E-state index in [0.29, 0.717) is 23.2 Å². The molecule has 0 aliphatic carbocycles. The number of ether oxygens (including phenoxy) is 3. The van der Waals surface area contributed by atoms with Gasteiger partial charge in [0.1, 0.15) is 78.1 Å². The van der Waals surface area contributed by atoms with Gasteiger partial charge >= 0.3 is 10.1 Å². The highest BCUT2D eigenvalue weighted by Gasteiger charge is 2.52. The molecule has 0 spiro atoms. The summed E-state index contributed by atoms with van der Waals surface area (Å²) in [4.78, 5) is 15.1. The Kier molecular flexibility index (Phi) is 14.0. The molecule has 3 saturated heterocycles. The van der Waals surface area contributed by atoms with Crippen LogP contribution in [0, 0.1) is 17.6 Å². The lowest BCUT2D eigenvalue weighted by Crippen LogP contribution is -2.65. The second-order valence-electron chi connectivity index (χ2n) is 15.5. The van der Waals surface area contributed by atoms with Gasteiger partial charge in [-0.3, -0.25) is 4.79 Å². The molecule has 3 aliphatic heterocycles. The van der Waals surface area contributed by atoms with Crippen molar-refractivity contribution in [2.45, 2.75) is 86.2 Å². The van der Waals surface area contributed by atoms with Crippen molar-refractivity contribution in [1.82, 2.24) is 0 Å². The first-order chi connectivity index (χ1) is 29.6. The average Bonchev–Trinajstić information content (AvgIpc) is 3.26. The molecule has 0 saturated carbocycles. The van der Waals surface area contributed by atoms with E-state index in [2.05, 4.69) is 0 Å². The van der Waals surface area contributed by atoms with E-state index in [4.69, 9.17) is 18.4 Å². The van der Waals surface area contributed by atoms with Gasteiger partial charge in [-0.05, 0) is 83.6 Å². The van der Waals surface area contributed by atoms with Crippen molar-refractivity contribution >= 4 is 21.7 Å². The van der Waals surface area contributed by atoms with E-state index in [1.807, 2.05) is 24.3 Å². The first kappa shape index (κ1) is 45.5. The van der Waals surface area contributed by atoms with Crippen molar-refractivity contribution < 1.29 is 81.2 Å². The van der Waals surface area contributed by atoms with E-state index >= 15 is 0 Å². The van der Waals surface area contributed by atoms with Crippen molar-refractivity contribution in [3.05, 3.63) is 120 Å². The largest absolute Gasteiger partial charge is 0.394 e. The zero-order valence-electron chi connectivity index (χ0n) is 32.8. The number of halogens is 2. The number of nitrogens with zero attached hydrogens (tertiary/aromatic N) is 1. The predicted octanol–water partition coefficient (Wildman–Crippen LogP) is 1.22. The zero-order chi connectivity index (χ0) is 44.5. The van der Waals surface area contributed by atoms with Gasteiger partial charge in [-0.1, -0.05) is 48.5 Å². The number of hydrogen-bond acceptors (Lipinski definition) is 15. The maximum Gasteiger partial charge on any atom is 0.311 e. The number of benzene rings is 4. The second-order valence-corrected chi connectivity index (χ2v) is 17.1. The molecule has 16 nitrogen and oxygen atoms in total. The Balaban J connectivity index is 0.990. The van der Waals surface area contributed by atoms with Crippen LogP contribution in [0.25, 0.3) is 11.1 Å². The molecule has 3 heterocycles. The van der Waals surface area contributed by atoms with E-state index in [1.54, 1.807) is 17.0 Å². The molecular formula is C43H47F2NO15S. The van der Waals surface area contributed by atoms with Gasteiger partial charge in [-0.2, -0.15) is 8.42 Å². The fourth-order valence-electron chi connectivity index (χ4n) is 8.05. The van der Waals surface area contributed by atoms with Crippen molar-refractivity contribution in [2.75, 3.05) is 23.9 Å². The fraction of sp³-hybridized carbons (Fsp3) is 0.419. The van der Waals surface area contributed by atoms with Crippen LogP contribution in [-0.4, -0.2) is 135 Å². The van der Waals surface area contributed by atoms with Crippen molar-refractivity contribution in [3.8, 4) is 16.9 Å².